The van der Waals surface area contributed by atoms with Gasteiger partial charge >= 0.3 is 0 Å². The fourth-order valence-electron chi connectivity index (χ4n) is 1.80. The lowest BCUT2D eigenvalue weighted by Gasteiger charge is -2.11. The summed E-state index contributed by atoms with van der Waals surface area (Å²) < 4.78 is 2.03. The molecule has 4 heteroatoms. The number of nitrogens with zero attached hydrogens (tertiary/aromatic N) is 2. The van der Waals surface area contributed by atoms with Crippen molar-refractivity contribution in [1.29, 1.82) is 0 Å². The van der Waals surface area contributed by atoms with Gasteiger partial charge in [0, 0.05) is 18.8 Å². The quantitative estimate of drug-likeness (QED) is 0.851. The third kappa shape index (κ3) is 2.17. The molecule has 1 aromatic heterocycles. The predicted molar refractivity (Wildman–Crippen MR) is 67.6 cm³/mol. The van der Waals surface area contributed by atoms with Crippen molar-refractivity contribution in [3.63, 3.8) is 0 Å². The molecule has 1 aromatic carbocycles. The molecule has 0 saturated carbocycles. The summed E-state index contributed by atoms with van der Waals surface area (Å²) in [7, 11) is 0. The Morgan fingerprint density at radius 2 is 2.06 bits per heavy atom. The van der Waals surface area contributed by atoms with E-state index in [2.05, 4.69) is 18.8 Å². The molecule has 0 spiro atoms. The van der Waals surface area contributed by atoms with Crippen molar-refractivity contribution in [2.24, 2.45) is 5.73 Å². The highest BCUT2D eigenvalue weighted by Gasteiger charge is 2.14. The molecule has 1 heterocycles. The van der Waals surface area contributed by atoms with Crippen LogP contribution in [0.4, 0.5) is 0 Å². The molecule has 2 aromatic rings. The Hall–Kier alpha value is -1.81. The van der Waals surface area contributed by atoms with E-state index in [1.165, 1.54) is 0 Å². The number of phenols is 1. The van der Waals surface area contributed by atoms with Crippen LogP contribution in [-0.4, -0.2) is 14.7 Å². The number of nitrogens with two attached hydrogens (primary N) is 1. The van der Waals surface area contributed by atoms with E-state index in [9.17, 15) is 5.11 Å². The average Bonchev–Trinajstić information content (AvgIpc) is 2.73. The molecule has 4 nitrogen and oxygen atoms in total. The molecular weight excluding hydrogens is 214 g/mol. The molecule has 2 rings (SSSR count). The Bertz CT molecular complexity index is 517. The molecule has 0 amide bonds. The third-order valence-corrected chi connectivity index (χ3v) is 2.69. The summed E-state index contributed by atoms with van der Waals surface area (Å²) in [6.07, 6.45) is 1.94. The predicted octanol–water partition coefficient (Wildman–Crippen LogP) is 2.30. The van der Waals surface area contributed by atoms with Gasteiger partial charge in [0.15, 0.2) is 0 Å². The number of hydrogen-bond acceptors (Lipinski definition) is 3. The fraction of sp³-hybridized carbons (Fsp3) is 0.308. The molecule has 0 aliphatic heterocycles. The summed E-state index contributed by atoms with van der Waals surface area (Å²) >= 11 is 0. The van der Waals surface area contributed by atoms with E-state index in [1.54, 1.807) is 12.1 Å². The van der Waals surface area contributed by atoms with Crippen LogP contribution < -0.4 is 5.73 Å². The lowest BCUT2D eigenvalue weighted by Crippen LogP contribution is -2.01. The molecule has 0 bridgehead atoms. The monoisotopic (exact) mass is 231 g/mol. The molecule has 90 valence electrons. The summed E-state index contributed by atoms with van der Waals surface area (Å²) in [5, 5.41) is 9.87. The zero-order valence-corrected chi connectivity index (χ0v) is 10.1. The van der Waals surface area contributed by atoms with Gasteiger partial charge in [-0.25, -0.2) is 4.98 Å². The number of aromatic nitrogens is 2. The highest BCUT2D eigenvalue weighted by molar-refractivity contribution is 5.64. The number of benzene rings is 1. The van der Waals surface area contributed by atoms with Gasteiger partial charge in [0.05, 0.1) is 11.3 Å². The van der Waals surface area contributed by atoms with Gasteiger partial charge in [0.1, 0.15) is 11.6 Å². The van der Waals surface area contributed by atoms with Gasteiger partial charge in [-0.1, -0.05) is 12.1 Å². The molecule has 0 radical (unpaired) electrons. The van der Waals surface area contributed by atoms with E-state index in [-0.39, 0.29) is 11.8 Å². The summed E-state index contributed by atoms with van der Waals surface area (Å²) in [5.74, 6) is 1.00. The summed E-state index contributed by atoms with van der Waals surface area (Å²) in [6, 6.07) is 7.48. The maximum absolute atomic E-state index is 9.87. The van der Waals surface area contributed by atoms with Gasteiger partial charge in [-0.3, -0.25) is 0 Å². The Kier molecular flexibility index (Phi) is 3.15. The van der Waals surface area contributed by atoms with E-state index in [0.717, 1.165) is 17.1 Å². The molecule has 0 saturated heterocycles. The number of hydrogen-bond donors (Lipinski definition) is 2. The van der Waals surface area contributed by atoms with Gasteiger partial charge in [-0.2, -0.15) is 0 Å². The van der Waals surface area contributed by atoms with Crippen LogP contribution in [0.1, 0.15) is 25.6 Å². The van der Waals surface area contributed by atoms with Crippen molar-refractivity contribution >= 4 is 0 Å². The third-order valence-electron chi connectivity index (χ3n) is 2.69. The van der Waals surface area contributed by atoms with Crippen LogP contribution in [0.2, 0.25) is 0 Å². The second kappa shape index (κ2) is 4.59. The van der Waals surface area contributed by atoms with Gasteiger partial charge in [0.25, 0.3) is 0 Å². The smallest absolute Gasteiger partial charge is 0.144 e. The topological polar surface area (TPSA) is 64.1 Å². The van der Waals surface area contributed by atoms with Crippen molar-refractivity contribution < 1.29 is 5.11 Å². The molecule has 0 aliphatic carbocycles. The molecule has 0 unspecified atom stereocenters. The first-order valence-corrected chi connectivity index (χ1v) is 5.69. The first kappa shape index (κ1) is 11.7. The minimum atomic E-state index is 0.239. The first-order chi connectivity index (χ1) is 8.13. The molecule has 3 N–H and O–H groups in total. The van der Waals surface area contributed by atoms with Crippen LogP contribution in [-0.2, 0) is 6.54 Å². The molecular formula is C13H17N3O. The second-order valence-corrected chi connectivity index (χ2v) is 4.28. The largest absolute Gasteiger partial charge is 0.507 e. The maximum Gasteiger partial charge on any atom is 0.144 e. The van der Waals surface area contributed by atoms with Crippen LogP contribution in [0.5, 0.6) is 5.75 Å². The fourth-order valence-corrected chi connectivity index (χ4v) is 1.80. The van der Waals surface area contributed by atoms with Gasteiger partial charge in [0.2, 0.25) is 0 Å². The lowest BCUT2D eigenvalue weighted by atomic mass is 10.2. The van der Waals surface area contributed by atoms with E-state index >= 15 is 0 Å². The lowest BCUT2D eigenvalue weighted by molar-refractivity contribution is 0.476. The van der Waals surface area contributed by atoms with Crippen molar-refractivity contribution in [3.8, 4) is 17.1 Å². The summed E-state index contributed by atoms with van der Waals surface area (Å²) in [5.41, 5.74) is 7.18. The number of rotatable bonds is 3. The zero-order valence-electron chi connectivity index (χ0n) is 10.1. The number of aromatic hydroxyl groups is 1. The second-order valence-electron chi connectivity index (χ2n) is 4.28. The van der Waals surface area contributed by atoms with E-state index in [4.69, 9.17) is 5.73 Å². The van der Waals surface area contributed by atoms with E-state index in [1.807, 2.05) is 22.9 Å². The van der Waals surface area contributed by atoms with Crippen LogP contribution in [0, 0.1) is 0 Å². The van der Waals surface area contributed by atoms with Crippen LogP contribution in [0.25, 0.3) is 11.4 Å². The first-order valence-electron chi connectivity index (χ1n) is 5.69. The Balaban J connectivity index is 2.58. The molecule has 17 heavy (non-hydrogen) atoms. The number of imidazole rings is 1. The van der Waals surface area contributed by atoms with Gasteiger partial charge in [-0.05, 0) is 26.0 Å². The Morgan fingerprint density at radius 3 is 2.65 bits per heavy atom. The van der Waals surface area contributed by atoms with Gasteiger partial charge < -0.3 is 15.4 Å². The van der Waals surface area contributed by atoms with Crippen molar-refractivity contribution in [1.82, 2.24) is 9.55 Å². The number of para-hydroxylation sites is 1. The molecule has 0 fully saturated rings. The number of phenolic OH excluding ortho intramolecular Hbond substituents is 1. The van der Waals surface area contributed by atoms with E-state index in [0.29, 0.717) is 6.54 Å². The van der Waals surface area contributed by atoms with Crippen LogP contribution in [0.15, 0.2) is 30.5 Å². The molecule has 0 aliphatic rings. The zero-order chi connectivity index (χ0) is 12.4. The Morgan fingerprint density at radius 1 is 1.35 bits per heavy atom. The van der Waals surface area contributed by atoms with Crippen molar-refractivity contribution in [2.75, 3.05) is 0 Å². The Labute approximate surface area is 101 Å². The van der Waals surface area contributed by atoms with Crippen molar-refractivity contribution in [3.05, 3.63) is 36.2 Å². The van der Waals surface area contributed by atoms with E-state index < -0.39 is 0 Å². The molecule has 0 atom stereocenters. The summed E-state index contributed by atoms with van der Waals surface area (Å²) in [6.45, 7) is 4.55. The van der Waals surface area contributed by atoms with Gasteiger partial charge in [-0.15, -0.1) is 0 Å². The highest BCUT2D eigenvalue weighted by atomic mass is 16.3. The standard InChI is InChI=1S/C13H17N3O/c1-9(2)16-8-10(7-14)15-13(16)11-5-3-4-6-12(11)17/h3-6,8-9,17H,7,14H2,1-2H3. The minimum absolute atomic E-state index is 0.239. The average molecular weight is 231 g/mol. The van der Waals surface area contributed by atoms with Crippen LogP contribution >= 0.6 is 0 Å². The minimum Gasteiger partial charge on any atom is -0.507 e. The summed E-state index contributed by atoms with van der Waals surface area (Å²) in [4.78, 5) is 4.46. The van der Waals surface area contributed by atoms with Crippen LogP contribution in [0.3, 0.4) is 0 Å². The van der Waals surface area contributed by atoms with Crippen molar-refractivity contribution in [2.45, 2.75) is 26.4 Å². The SMILES string of the molecule is CC(C)n1cc(CN)nc1-c1ccccc1O. The highest BCUT2D eigenvalue weighted by Crippen LogP contribution is 2.29. The normalized spacial score (nSPS) is 11.1. The maximum atomic E-state index is 9.87.